The Labute approximate surface area is 85.3 Å². The molecule has 5 heteroatoms. The molecule has 0 unspecified atom stereocenters. The minimum Gasteiger partial charge on any atom is -0.383 e. The van der Waals surface area contributed by atoms with Crippen LogP contribution in [0.25, 0.3) is 0 Å². The van der Waals surface area contributed by atoms with Crippen LogP contribution < -0.4 is 11.3 Å². The Morgan fingerprint density at radius 2 is 2.36 bits per heavy atom. The third-order valence-corrected chi connectivity index (χ3v) is 2.23. The summed E-state index contributed by atoms with van der Waals surface area (Å²) in [5.74, 6) is 6.22. The van der Waals surface area contributed by atoms with Crippen LogP contribution in [0, 0.1) is 0 Å². The Morgan fingerprint density at radius 3 is 2.79 bits per heavy atom. The Morgan fingerprint density at radius 1 is 1.64 bits per heavy atom. The zero-order valence-electron chi connectivity index (χ0n) is 8.99. The predicted molar refractivity (Wildman–Crippen MR) is 56.9 cm³/mol. The number of aliphatic imine (C=N–C) groups is 1. The summed E-state index contributed by atoms with van der Waals surface area (Å²) in [6.07, 6.45) is 2.38. The van der Waals surface area contributed by atoms with E-state index in [9.17, 15) is 0 Å². The van der Waals surface area contributed by atoms with E-state index >= 15 is 0 Å². The SMILES string of the molecule is CCN(CCOC)C(=NC1CC1)NN. The minimum absolute atomic E-state index is 0.484. The fourth-order valence-electron chi connectivity index (χ4n) is 1.20. The quantitative estimate of drug-likeness (QED) is 0.282. The molecule has 0 heterocycles. The second kappa shape index (κ2) is 5.82. The van der Waals surface area contributed by atoms with Crippen LogP contribution >= 0.6 is 0 Å². The summed E-state index contributed by atoms with van der Waals surface area (Å²) < 4.78 is 5.02. The number of hydrazine groups is 1. The van der Waals surface area contributed by atoms with Gasteiger partial charge >= 0.3 is 0 Å². The molecular formula is C9H20N4O. The van der Waals surface area contributed by atoms with Gasteiger partial charge in [0.05, 0.1) is 12.6 Å². The Kier molecular flexibility index (Phi) is 4.69. The lowest BCUT2D eigenvalue weighted by Crippen LogP contribution is -2.46. The minimum atomic E-state index is 0.484. The molecule has 1 rings (SSSR count). The normalized spacial score (nSPS) is 16.9. The summed E-state index contributed by atoms with van der Waals surface area (Å²) in [7, 11) is 1.70. The first kappa shape index (κ1) is 11.3. The summed E-state index contributed by atoms with van der Waals surface area (Å²) >= 11 is 0. The van der Waals surface area contributed by atoms with Crippen molar-refractivity contribution in [2.24, 2.45) is 10.8 Å². The molecule has 0 aromatic carbocycles. The van der Waals surface area contributed by atoms with E-state index in [2.05, 4.69) is 22.2 Å². The second-order valence-corrected chi connectivity index (χ2v) is 3.40. The first-order valence-corrected chi connectivity index (χ1v) is 5.10. The van der Waals surface area contributed by atoms with Gasteiger partial charge in [0.2, 0.25) is 5.96 Å². The summed E-state index contributed by atoms with van der Waals surface area (Å²) in [6.45, 7) is 4.48. The number of hydrogen-bond donors (Lipinski definition) is 2. The molecule has 0 radical (unpaired) electrons. The summed E-state index contributed by atoms with van der Waals surface area (Å²) in [5.41, 5.74) is 2.65. The molecule has 14 heavy (non-hydrogen) atoms. The van der Waals surface area contributed by atoms with E-state index < -0.39 is 0 Å². The molecule has 0 aliphatic heterocycles. The number of ether oxygens (including phenoxy) is 1. The fraction of sp³-hybridized carbons (Fsp3) is 0.889. The van der Waals surface area contributed by atoms with Crippen LogP contribution in [0.15, 0.2) is 4.99 Å². The van der Waals surface area contributed by atoms with Crippen molar-refractivity contribution in [1.82, 2.24) is 10.3 Å². The van der Waals surface area contributed by atoms with Gasteiger partial charge in [0, 0.05) is 20.2 Å². The maximum absolute atomic E-state index is 5.43. The van der Waals surface area contributed by atoms with Crippen molar-refractivity contribution in [2.45, 2.75) is 25.8 Å². The highest BCUT2D eigenvalue weighted by Crippen LogP contribution is 2.23. The van der Waals surface area contributed by atoms with Gasteiger partial charge < -0.3 is 9.64 Å². The van der Waals surface area contributed by atoms with E-state index in [1.165, 1.54) is 12.8 Å². The van der Waals surface area contributed by atoms with Gasteiger partial charge in [-0.15, -0.1) is 0 Å². The number of methoxy groups -OCH3 is 1. The molecule has 0 saturated heterocycles. The molecular weight excluding hydrogens is 180 g/mol. The number of nitrogens with zero attached hydrogens (tertiary/aromatic N) is 2. The lowest BCUT2D eigenvalue weighted by molar-refractivity contribution is 0.176. The molecule has 1 saturated carbocycles. The number of guanidine groups is 1. The number of nitrogens with two attached hydrogens (primary N) is 1. The second-order valence-electron chi connectivity index (χ2n) is 3.40. The van der Waals surface area contributed by atoms with Crippen LogP contribution in [0.2, 0.25) is 0 Å². The molecule has 5 nitrogen and oxygen atoms in total. The first-order valence-electron chi connectivity index (χ1n) is 5.10. The van der Waals surface area contributed by atoms with Gasteiger partial charge in [0.1, 0.15) is 0 Å². The molecule has 82 valence electrons. The smallest absolute Gasteiger partial charge is 0.208 e. The van der Waals surface area contributed by atoms with Gasteiger partial charge in [-0.1, -0.05) is 0 Å². The maximum Gasteiger partial charge on any atom is 0.208 e. The molecule has 0 spiro atoms. The van der Waals surface area contributed by atoms with Crippen LogP contribution in [-0.4, -0.2) is 43.7 Å². The van der Waals surface area contributed by atoms with E-state index in [1.807, 2.05) is 0 Å². The van der Waals surface area contributed by atoms with Gasteiger partial charge in [0.15, 0.2) is 0 Å². The maximum atomic E-state index is 5.43. The summed E-state index contributed by atoms with van der Waals surface area (Å²) in [4.78, 5) is 6.57. The van der Waals surface area contributed by atoms with E-state index in [4.69, 9.17) is 10.6 Å². The molecule has 1 aliphatic rings. The predicted octanol–water partition coefficient (Wildman–Crippen LogP) is -0.0636. The summed E-state index contributed by atoms with van der Waals surface area (Å²) in [6, 6.07) is 0.484. The highest BCUT2D eigenvalue weighted by Gasteiger charge is 2.22. The van der Waals surface area contributed by atoms with Crippen LogP contribution in [0.5, 0.6) is 0 Å². The van der Waals surface area contributed by atoms with Gasteiger partial charge in [-0.2, -0.15) is 0 Å². The Hall–Kier alpha value is -0.810. The van der Waals surface area contributed by atoms with Crippen LogP contribution in [0.4, 0.5) is 0 Å². The Balaban J connectivity index is 2.44. The van der Waals surface area contributed by atoms with Gasteiger partial charge in [-0.25, -0.2) is 10.8 Å². The topological polar surface area (TPSA) is 62.9 Å². The average molecular weight is 200 g/mol. The third-order valence-electron chi connectivity index (χ3n) is 2.23. The van der Waals surface area contributed by atoms with Gasteiger partial charge in [-0.05, 0) is 19.8 Å². The fourth-order valence-corrected chi connectivity index (χ4v) is 1.20. The van der Waals surface area contributed by atoms with Crippen molar-refractivity contribution < 1.29 is 4.74 Å². The molecule has 0 aromatic heterocycles. The van der Waals surface area contributed by atoms with Crippen molar-refractivity contribution in [3.63, 3.8) is 0 Å². The van der Waals surface area contributed by atoms with Gasteiger partial charge in [0.25, 0.3) is 0 Å². The molecule has 1 fully saturated rings. The number of hydrogen-bond acceptors (Lipinski definition) is 3. The molecule has 0 amide bonds. The largest absolute Gasteiger partial charge is 0.383 e. The molecule has 0 bridgehead atoms. The molecule has 1 aliphatic carbocycles. The standard InChI is InChI=1S/C9H20N4O/c1-3-13(6-7-14-2)9(12-10)11-8-4-5-8/h8H,3-7,10H2,1-2H3,(H,11,12). The van der Waals surface area contributed by atoms with Gasteiger partial charge in [-0.3, -0.25) is 5.43 Å². The number of nitrogens with one attached hydrogen (secondary N) is 1. The lowest BCUT2D eigenvalue weighted by Gasteiger charge is -2.23. The van der Waals surface area contributed by atoms with E-state index in [0.717, 1.165) is 19.0 Å². The average Bonchev–Trinajstić information content (AvgIpc) is 3.00. The van der Waals surface area contributed by atoms with E-state index in [-0.39, 0.29) is 0 Å². The van der Waals surface area contributed by atoms with Crippen LogP contribution in [-0.2, 0) is 4.74 Å². The lowest BCUT2D eigenvalue weighted by atomic mass is 10.5. The van der Waals surface area contributed by atoms with E-state index in [1.54, 1.807) is 7.11 Å². The number of likely N-dealkylation sites (N-methyl/N-ethyl adjacent to an activating group) is 1. The van der Waals surface area contributed by atoms with Crippen molar-refractivity contribution in [3.8, 4) is 0 Å². The molecule has 0 atom stereocenters. The first-order chi connectivity index (χ1) is 6.81. The van der Waals surface area contributed by atoms with Crippen molar-refractivity contribution in [3.05, 3.63) is 0 Å². The van der Waals surface area contributed by atoms with Crippen molar-refractivity contribution >= 4 is 5.96 Å². The highest BCUT2D eigenvalue weighted by atomic mass is 16.5. The van der Waals surface area contributed by atoms with E-state index in [0.29, 0.717) is 12.6 Å². The van der Waals surface area contributed by atoms with Crippen molar-refractivity contribution in [1.29, 1.82) is 0 Å². The monoisotopic (exact) mass is 200 g/mol. The van der Waals surface area contributed by atoms with Crippen molar-refractivity contribution in [2.75, 3.05) is 26.8 Å². The van der Waals surface area contributed by atoms with Crippen LogP contribution in [0.3, 0.4) is 0 Å². The molecule has 3 N–H and O–H groups in total. The Bertz CT molecular complexity index is 191. The zero-order valence-corrected chi connectivity index (χ0v) is 8.99. The highest BCUT2D eigenvalue weighted by molar-refractivity contribution is 5.79. The summed E-state index contributed by atoms with van der Waals surface area (Å²) in [5, 5.41) is 0. The number of rotatable bonds is 5. The zero-order chi connectivity index (χ0) is 10.4. The third kappa shape index (κ3) is 3.51. The van der Waals surface area contributed by atoms with Crippen LogP contribution in [0.1, 0.15) is 19.8 Å². The molecule has 0 aromatic rings.